The fourth-order valence-electron chi connectivity index (χ4n) is 3.63. The van der Waals surface area contributed by atoms with Crippen molar-refractivity contribution in [3.63, 3.8) is 0 Å². The number of fused-ring (bicyclic) bond motifs is 3. The molecule has 5 nitrogen and oxygen atoms in total. The molecule has 150 valence electrons. The first kappa shape index (κ1) is 20.0. The number of carbonyl (C=O) groups is 1. The van der Waals surface area contributed by atoms with Gasteiger partial charge in [0.05, 0.1) is 27.4 Å². The first-order valence-corrected chi connectivity index (χ1v) is 11.0. The Morgan fingerprint density at radius 3 is 2.60 bits per heavy atom. The van der Waals surface area contributed by atoms with E-state index in [4.69, 9.17) is 4.98 Å². The van der Waals surface area contributed by atoms with Crippen LogP contribution in [-0.2, 0) is 17.6 Å². The van der Waals surface area contributed by atoms with Crippen LogP contribution in [0.2, 0.25) is 0 Å². The van der Waals surface area contributed by atoms with Crippen molar-refractivity contribution >= 4 is 40.0 Å². The maximum Gasteiger partial charge on any atom is 0.234 e. The van der Waals surface area contributed by atoms with Gasteiger partial charge in [-0.15, -0.1) is 0 Å². The molecule has 0 aliphatic heterocycles. The third-order valence-electron chi connectivity index (χ3n) is 5.14. The molecule has 0 radical (unpaired) electrons. The molecular weight excluding hydrogens is 392 g/mol. The molecule has 0 saturated heterocycles. The second-order valence-corrected chi connectivity index (χ2v) is 7.95. The number of pyridine rings is 1. The number of thioether (sulfide) groups is 1. The van der Waals surface area contributed by atoms with E-state index in [1.165, 1.54) is 11.8 Å². The minimum absolute atomic E-state index is 0.0547. The summed E-state index contributed by atoms with van der Waals surface area (Å²) < 4.78 is 1.99. The summed E-state index contributed by atoms with van der Waals surface area (Å²) in [6, 6.07) is 20.0. The number of benzene rings is 2. The quantitative estimate of drug-likeness (QED) is 0.440. The minimum Gasteiger partial charge on any atom is -0.325 e. The van der Waals surface area contributed by atoms with Crippen molar-refractivity contribution in [3.8, 4) is 6.07 Å². The zero-order valence-electron chi connectivity index (χ0n) is 17.0. The van der Waals surface area contributed by atoms with E-state index in [0.29, 0.717) is 11.2 Å². The van der Waals surface area contributed by atoms with Crippen LogP contribution >= 0.6 is 11.8 Å². The van der Waals surface area contributed by atoms with Crippen molar-refractivity contribution in [1.29, 1.82) is 5.26 Å². The zero-order valence-corrected chi connectivity index (χ0v) is 17.8. The van der Waals surface area contributed by atoms with Crippen LogP contribution in [-0.4, -0.2) is 21.0 Å². The molecule has 2 heterocycles. The van der Waals surface area contributed by atoms with Crippen LogP contribution in [0.1, 0.15) is 30.5 Å². The Morgan fingerprint density at radius 1 is 1.10 bits per heavy atom. The van der Waals surface area contributed by atoms with Crippen molar-refractivity contribution in [1.82, 2.24) is 9.38 Å². The smallest absolute Gasteiger partial charge is 0.234 e. The van der Waals surface area contributed by atoms with Gasteiger partial charge in [-0.2, -0.15) is 5.26 Å². The predicted molar refractivity (Wildman–Crippen MR) is 122 cm³/mol. The van der Waals surface area contributed by atoms with Crippen LogP contribution < -0.4 is 5.32 Å². The lowest BCUT2D eigenvalue weighted by molar-refractivity contribution is -0.113. The molecular formula is C24H22N4OS. The Hall–Kier alpha value is -3.30. The average Bonchev–Trinajstić information content (AvgIpc) is 3.17. The van der Waals surface area contributed by atoms with Crippen molar-refractivity contribution < 1.29 is 4.79 Å². The van der Waals surface area contributed by atoms with E-state index in [1.807, 2.05) is 65.9 Å². The van der Waals surface area contributed by atoms with Crippen molar-refractivity contribution in [2.75, 3.05) is 11.1 Å². The number of rotatable bonds is 6. The van der Waals surface area contributed by atoms with E-state index in [2.05, 4.69) is 18.3 Å². The molecule has 30 heavy (non-hydrogen) atoms. The largest absolute Gasteiger partial charge is 0.325 e. The normalized spacial score (nSPS) is 11.0. The summed E-state index contributed by atoms with van der Waals surface area (Å²) in [5.41, 5.74) is 5.94. The third-order valence-corrected chi connectivity index (χ3v) is 6.14. The van der Waals surface area contributed by atoms with Crippen LogP contribution in [0.3, 0.4) is 0 Å². The molecule has 1 amide bonds. The Bertz CT molecular complexity index is 1290. The molecule has 6 heteroatoms. The lowest BCUT2D eigenvalue weighted by Gasteiger charge is -2.12. The average molecular weight is 415 g/mol. The fraction of sp³-hybridized carbons (Fsp3) is 0.208. The number of para-hydroxylation sites is 3. The fourth-order valence-corrected chi connectivity index (χ4v) is 4.52. The van der Waals surface area contributed by atoms with Crippen LogP contribution in [0, 0.1) is 11.3 Å². The first-order chi connectivity index (χ1) is 14.7. The van der Waals surface area contributed by atoms with Crippen LogP contribution in [0.4, 0.5) is 5.69 Å². The number of nitrogens with zero attached hydrogens (tertiary/aromatic N) is 3. The van der Waals surface area contributed by atoms with E-state index in [9.17, 15) is 10.1 Å². The number of hydrogen-bond acceptors (Lipinski definition) is 4. The van der Waals surface area contributed by atoms with Gasteiger partial charge in [-0.25, -0.2) is 4.98 Å². The molecule has 0 aliphatic carbocycles. The summed E-state index contributed by atoms with van der Waals surface area (Å²) in [7, 11) is 0. The Kier molecular flexibility index (Phi) is 5.73. The van der Waals surface area contributed by atoms with Gasteiger partial charge in [0.25, 0.3) is 0 Å². The number of carbonyl (C=O) groups excluding carboxylic acids is 1. The van der Waals surface area contributed by atoms with Gasteiger partial charge in [0.2, 0.25) is 5.91 Å². The van der Waals surface area contributed by atoms with Gasteiger partial charge in [-0.1, -0.05) is 55.9 Å². The number of nitrogens with one attached hydrogen (secondary N) is 1. The number of aromatic nitrogens is 2. The lowest BCUT2D eigenvalue weighted by atomic mass is 10.1. The highest BCUT2D eigenvalue weighted by molar-refractivity contribution is 7.99. The molecule has 4 aromatic rings. The molecule has 0 fully saturated rings. The Labute approximate surface area is 179 Å². The van der Waals surface area contributed by atoms with Gasteiger partial charge < -0.3 is 5.32 Å². The molecule has 0 bridgehead atoms. The van der Waals surface area contributed by atoms with Gasteiger partial charge in [0.1, 0.15) is 6.07 Å². The molecule has 0 spiro atoms. The molecule has 0 aliphatic rings. The number of amides is 1. The monoisotopic (exact) mass is 414 g/mol. The Balaban J connectivity index is 1.68. The summed E-state index contributed by atoms with van der Waals surface area (Å²) in [6.45, 7) is 4.10. The summed E-state index contributed by atoms with van der Waals surface area (Å²) in [4.78, 5) is 17.4. The van der Waals surface area contributed by atoms with Crippen molar-refractivity contribution in [2.24, 2.45) is 0 Å². The van der Waals surface area contributed by atoms with Gasteiger partial charge in [0.15, 0.2) is 5.65 Å². The molecule has 2 aromatic carbocycles. The summed E-state index contributed by atoms with van der Waals surface area (Å²) >= 11 is 1.46. The summed E-state index contributed by atoms with van der Waals surface area (Å²) in [5.74, 6) is 0.218. The lowest BCUT2D eigenvalue weighted by Crippen LogP contribution is -2.15. The van der Waals surface area contributed by atoms with Crippen molar-refractivity contribution in [3.05, 3.63) is 71.3 Å². The van der Waals surface area contributed by atoms with Gasteiger partial charge in [-0.3, -0.25) is 9.20 Å². The van der Waals surface area contributed by atoms with Gasteiger partial charge in [0, 0.05) is 5.69 Å². The highest BCUT2D eigenvalue weighted by Crippen LogP contribution is 2.30. The van der Waals surface area contributed by atoms with Crippen LogP contribution in [0.5, 0.6) is 0 Å². The van der Waals surface area contributed by atoms with Crippen molar-refractivity contribution in [2.45, 2.75) is 31.7 Å². The van der Waals surface area contributed by atoms with E-state index >= 15 is 0 Å². The molecule has 0 atom stereocenters. The number of nitriles is 1. The number of aryl methyl sites for hydroxylation is 2. The number of imidazole rings is 1. The second-order valence-electron chi connectivity index (χ2n) is 6.96. The van der Waals surface area contributed by atoms with E-state index < -0.39 is 0 Å². The molecule has 0 saturated carbocycles. The number of anilines is 1. The molecule has 4 rings (SSSR count). The zero-order chi connectivity index (χ0) is 21.1. The topological polar surface area (TPSA) is 70.2 Å². The maximum atomic E-state index is 12.7. The van der Waals surface area contributed by atoms with E-state index in [0.717, 1.165) is 45.7 Å². The number of hydrogen-bond donors (Lipinski definition) is 1. The van der Waals surface area contributed by atoms with E-state index in [1.54, 1.807) is 0 Å². The first-order valence-electron chi connectivity index (χ1n) is 10.00. The van der Waals surface area contributed by atoms with E-state index in [-0.39, 0.29) is 11.7 Å². The predicted octanol–water partition coefficient (Wildman–Crippen LogP) is 5.21. The molecule has 0 unspecified atom stereocenters. The minimum atomic E-state index is -0.0547. The van der Waals surface area contributed by atoms with Gasteiger partial charge >= 0.3 is 0 Å². The molecule has 1 N–H and O–H groups in total. The molecule has 2 aromatic heterocycles. The highest BCUT2D eigenvalue weighted by atomic mass is 32.2. The van der Waals surface area contributed by atoms with Crippen LogP contribution in [0.25, 0.3) is 16.7 Å². The summed E-state index contributed by atoms with van der Waals surface area (Å²) in [6.07, 6.45) is 1.59. The van der Waals surface area contributed by atoms with Gasteiger partial charge in [-0.05, 0) is 48.2 Å². The highest BCUT2D eigenvalue weighted by Gasteiger charge is 2.17. The van der Waals surface area contributed by atoms with Crippen LogP contribution in [0.15, 0.2) is 59.6 Å². The summed E-state index contributed by atoms with van der Waals surface area (Å²) in [5, 5.41) is 13.7. The maximum absolute atomic E-state index is 12.7. The second kappa shape index (κ2) is 8.60. The SMILES string of the molecule is CCc1ccccc1NC(=O)CSc1cc(CC)c(C#N)c2nc3ccccc3n12. The standard InChI is InChI=1S/C24H22N4OS/c1-3-16-9-5-6-10-19(16)26-22(29)15-30-23-13-17(4-2)18(14-25)24-27-20-11-7-8-12-21(20)28(23)24/h5-13H,3-4,15H2,1-2H3,(H,26,29). The third kappa shape index (κ3) is 3.64. The Morgan fingerprint density at radius 2 is 1.83 bits per heavy atom.